The normalized spacial score (nSPS) is 14.6. The number of halogens is 1. The molecule has 0 saturated carbocycles. The number of nitrogens with one attached hydrogen (secondary N) is 1. The molecule has 1 N–H and O–H groups in total. The molecule has 2 aromatic rings. The van der Waals surface area contributed by atoms with Gasteiger partial charge < -0.3 is 9.64 Å². The third-order valence-electron chi connectivity index (χ3n) is 4.00. The van der Waals surface area contributed by atoms with Crippen LogP contribution in [-0.2, 0) is 0 Å². The molecule has 8 heteroatoms. The van der Waals surface area contributed by atoms with Crippen LogP contribution in [0.15, 0.2) is 29.4 Å². The van der Waals surface area contributed by atoms with Crippen molar-refractivity contribution in [1.82, 2.24) is 10.4 Å². The molecule has 1 aliphatic heterocycles. The number of piperidine rings is 1. The summed E-state index contributed by atoms with van der Waals surface area (Å²) >= 11 is 7.69. The Bertz CT molecular complexity index is 770. The number of aromatic nitrogens is 1. The first-order chi connectivity index (χ1) is 12.7. The fraction of sp³-hybridized carbons (Fsp3) is 0.389. The number of hydrazone groups is 1. The van der Waals surface area contributed by atoms with E-state index in [2.05, 4.69) is 20.4 Å². The lowest BCUT2D eigenvalue weighted by Crippen LogP contribution is -2.29. The summed E-state index contributed by atoms with van der Waals surface area (Å²) in [7, 11) is 0. The second kappa shape index (κ2) is 9.00. The maximum absolute atomic E-state index is 12.1. The summed E-state index contributed by atoms with van der Waals surface area (Å²) < 4.78 is 5.36. The van der Waals surface area contributed by atoms with Crippen LogP contribution in [0.3, 0.4) is 0 Å². The van der Waals surface area contributed by atoms with Gasteiger partial charge in [0.2, 0.25) is 0 Å². The van der Waals surface area contributed by atoms with E-state index in [9.17, 15) is 4.79 Å². The summed E-state index contributed by atoms with van der Waals surface area (Å²) in [6.07, 6.45) is 5.17. The molecule has 1 fully saturated rings. The third-order valence-corrected chi connectivity index (χ3v) is 5.45. The van der Waals surface area contributed by atoms with E-state index < -0.39 is 0 Å². The zero-order chi connectivity index (χ0) is 18.4. The largest absolute Gasteiger partial charge is 0.494 e. The van der Waals surface area contributed by atoms with Crippen molar-refractivity contribution < 1.29 is 9.53 Å². The van der Waals surface area contributed by atoms with Crippen molar-refractivity contribution in [3.05, 3.63) is 39.9 Å². The summed E-state index contributed by atoms with van der Waals surface area (Å²) in [5.41, 5.74) is 3.02. The Hall–Kier alpha value is -2.12. The number of carbonyl (C=O) groups excluding carboxylic acids is 1. The summed E-state index contributed by atoms with van der Waals surface area (Å²) in [4.78, 5) is 19.5. The predicted molar refractivity (Wildman–Crippen MR) is 106 cm³/mol. The Morgan fingerprint density at radius 1 is 1.35 bits per heavy atom. The Morgan fingerprint density at radius 2 is 2.08 bits per heavy atom. The minimum Gasteiger partial charge on any atom is -0.494 e. The monoisotopic (exact) mass is 392 g/mol. The van der Waals surface area contributed by atoms with Crippen LogP contribution >= 0.6 is 22.9 Å². The number of thiazole rings is 1. The number of hydrogen-bond acceptors (Lipinski definition) is 6. The van der Waals surface area contributed by atoms with Crippen LogP contribution in [0.4, 0.5) is 5.13 Å². The minimum atomic E-state index is -0.291. The Balaban J connectivity index is 1.59. The molecule has 0 spiro atoms. The lowest BCUT2D eigenvalue weighted by atomic mass is 10.1. The van der Waals surface area contributed by atoms with E-state index in [4.69, 9.17) is 16.3 Å². The fourth-order valence-electron chi connectivity index (χ4n) is 2.69. The van der Waals surface area contributed by atoms with E-state index in [1.54, 1.807) is 30.5 Å². The first-order valence-electron chi connectivity index (χ1n) is 8.65. The number of amides is 1. The Kier molecular flexibility index (Phi) is 6.46. The maximum atomic E-state index is 12.1. The summed E-state index contributed by atoms with van der Waals surface area (Å²) in [6.45, 7) is 4.52. The van der Waals surface area contributed by atoms with E-state index in [0.717, 1.165) is 28.8 Å². The van der Waals surface area contributed by atoms with Crippen molar-refractivity contribution in [2.45, 2.75) is 26.2 Å². The van der Waals surface area contributed by atoms with Gasteiger partial charge in [-0.05, 0) is 50.5 Å². The van der Waals surface area contributed by atoms with Crippen LogP contribution in [0, 0.1) is 0 Å². The Labute approximate surface area is 161 Å². The van der Waals surface area contributed by atoms with Gasteiger partial charge in [-0.15, -0.1) is 0 Å². The van der Waals surface area contributed by atoms with Crippen LogP contribution in [-0.4, -0.2) is 36.8 Å². The van der Waals surface area contributed by atoms with Crippen LogP contribution in [0.25, 0.3) is 0 Å². The number of carbonyl (C=O) groups is 1. The van der Waals surface area contributed by atoms with Gasteiger partial charge in [0, 0.05) is 18.7 Å². The topological polar surface area (TPSA) is 66.8 Å². The van der Waals surface area contributed by atoms with Crippen LogP contribution in [0.1, 0.15) is 41.4 Å². The number of hydrogen-bond donors (Lipinski definition) is 1. The number of ether oxygens (including phenoxy) is 1. The van der Waals surface area contributed by atoms with Gasteiger partial charge in [0.25, 0.3) is 5.91 Å². The van der Waals surface area contributed by atoms with Crippen LogP contribution < -0.4 is 15.1 Å². The molecule has 2 heterocycles. The zero-order valence-electron chi connectivity index (χ0n) is 14.6. The molecule has 1 amide bonds. The van der Waals surface area contributed by atoms with Gasteiger partial charge in [-0.2, -0.15) is 5.10 Å². The van der Waals surface area contributed by atoms with E-state index in [0.29, 0.717) is 17.3 Å². The van der Waals surface area contributed by atoms with Crippen molar-refractivity contribution >= 4 is 40.2 Å². The van der Waals surface area contributed by atoms with Gasteiger partial charge >= 0.3 is 0 Å². The molecule has 0 aliphatic carbocycles. The lowest BCUT2D eigenvalue weighted by Gasteiger charge is -2.25. The van der Waals surface area contributed by atoms with Crippen LogP contribution in [0.5, 0.6) is 5.75 Å². The average Bonchev–Trinajstić information content (AvgIpc) is 3.04. The molecule has 0 radical (unpaired) electrons. The number of nitrogens with zero attached hydrogens (tertiary/aromatic N) is 3. The van der Waals surface area contributed by atoms with Gasteiger partial charge in [-0.1, -0.05) is 22.9 Å². The summed E-state index contributed by atoms with van der Waals surface area (Å²) in [6, 6.07) is 6.91. The zero-order valence-corrected chi connectivity index (χ0v) is 16.1. The quantitative estimate of drug-likeness (QED) is 0.597. The highest BCUT2D eigenvalue weighted by atomic mass is 35.5. The lowest BCUT2D eigenvalue weighted by molar-refractivity contribution is 0.0955. The number of anilines is 1. The first-order valence-corrected chi connectivity index (χ1v) is 9.84. The second-order valence-corrected chi connectivity index (χ2v) is 7.22. The molecular formula is C18H21ClN4O2S. The molecule has 3 rings (SSSR count). The van der Waals surface area contributed by atoms with E-state index in [1.807, 2.05) is 6.92 Å². The van der Waals surface area contributed by atoms with Gasteiger partial charge in [0.15, 0.2) is 10.3 Å². The molecule has 6 nitrogen and oxygen atoms in total. The smallest absolute Gasteiger partial charge is 0.271 e. The molecule has 1 saturated heterocycles. The van der Waals surface area contributed by atoms with Gasteiger partial charge in [-0.3, -0.25) is 4.79 Å². The molecule has 0 unspecified atom stereocenters. The third kappa shape index (κ3) is 4.74. The maximum Gasteiger partial charge on any atom is 0.271 e. The highest BCUT2D eigenvalue weighted by Gasteiger charge is 2.16. The molecule has 1 aliphatic rings. The highest BCUT2D eigenvalue weighted by Crippen LogP contribution is 2.30. The first kappa shape index (κ1) is 18.7. The standard InChI is InChI=1S/C18H21ClN4O2S/c1-2-25-14-8-6-13(7-9-14)17(24)22-20-12-15-16(19)21-18(26-15)23-10-4-3-5-11-23/h6-9,12H,2-5,10-11H2,1H3,(H,22,24)/b20-12-. The summed E-state index contributed by atoms with van der Waals surface area (Å²) in [5.74, 6) is 0.440. The SMILES string of the molecule is CCOc1ccc(C(=O)N/N=C\c2sc(N3CCCCC3)nc2Cl)cc1. The van der Waals surface area contributed by atoms with Crippen molar-refractivity contribution in [2.75, 3.05) is 24.6 Å². The van der Waals surface area contributed by atoms with E-state index >= 15 is 0 Å². The number of rotatable bonds is 6. The summed E-state index contributed by atoms with van der Waals surface area (Å²) in [5, 5.41) is 5.33. The predicted octanol–water partition coefficient (Wildman–Crippen LogP) is 3.95. The van der Waals surface area contributed by atoms with Crippen molar-refractivity contribution in [3.63, 3.8) is 0 Å². The highest BCUT2D eigenvalue weighted by molar-refractivity contribution is 7.17. The molecular weight excluding hydrogens is 372 g/mol. The van der Waals surface area contributed by atoms with E-state index in [-0.39, 0.29) is 5.91 Å². The molecule has 0 atom stereocenters. The fourth-order valence-corrected chi connectivity index (χ4v) is 3.86. The average molecular weight is 393 g/mol. The van der Waals surface area contributed by atoms with Crippen LogP contribution in [0.2, 0.25) is 5.15 Å². The minimum absolute atomic E-state index is 0.291. The van der Waals surface area contributed by atoms with Gasteiger partial charge in [-0.25, -0.2) is 10.4 Å². The molecule has 1 aromatic carbocycles. The van der Waals surface area contributed by atoms with Crippen molar-refractivity contribution in [1.29, 1.82) is 0 Å². The van der Waals surface area contributed by atoms with E-state index in [1.165, 1.54) is 30.6 Å². The molecule has 138 valence electrons. The molecule has 0 bridgehead atoms. The second-order valence-electron chi connectivity index (χ2n) is 5.86. The number of benzene rings is 1. The Morgan fingerprint density at radius 3 is 2.77 bits per heavy atom. The van der Waals surface area contributed by atoms with Crippen molar-refractivity contribution in [3.8, 4) is 5.75 Å². The van der Waals surface area contributed by atoms with Gasteiger partial charge in [0.1, 0.15) is 5.75 Å². The van der Waals surface area contributed by atoms with Gasteiger partial charge in [0.05, 0.1) is 17.7 Å². The van der Waals surface area contributed by atoms with Crippen molar-refractivity contribution in [2.24, 2.45) is 5.10 Å². The molecule has 1 aromatic heterocycles. The molecule has 26 heavy (non-hydrogen) atoms.